The smallest absolute Gasteiger partial charge is 0.279 e. The summed E-state index contributed by atoms with van der Waals surface area (Å²) in [5, 5.41) is 3.32. The van der Waals surface area contributed by atoms with E-state index in [4.69, 9.17) is 4.74 Å². The van der Waals surface area contributed by atoms with Crippen LogP contribution in [0.4, 0.5) is 11.8 Å². The van der Waals surface area contributed by atoms with Gasteiger partial charge < -0.3 is 10.1 Å². The van der Waals surface area contributed by atoms with Crippen LogP contribution in [0.5, 0.6) is 5.75 Å². The van der Waals surface area contributed by atoms with Gasteiger partial charge in [-0.1, -0.05) is 19.8 Å². The van der Waals surface area contributed by atoms with Crippen molar-refractivity contribution in [2.24, 2.45) is 0 Å². The average Bonchev–Trinajstić information content (AvgIpc) is 3.24. The molecule has 1 amide bonds. The number of ether oxygens (including phenoxy) is 1. The molecule has 0 radical (unpaired) electrons. The van der Waals surface area contributed by atoms with E-state index in [1.165, 1.54) is 4.31 Å². The first kappa shape index (κ1) is 22.2. The summed E-state index contributed by atoms with van der Waals surface area (Å²) in [6, 6.07) is 0.194. The molecule has 3 aliphatic rings. The first-order valence-corrected chi connectivity index (χ1v) is 12.6. The van der Waals surface area contributed by atoms with E-state index in [9.17, 15) is 13.2 Å². The Balaban J connectivity index is 1.49. The second-order valence-corrected chi connectivity index (χ2v) is 10.7. The molecule has 2 fully saturated rings. The second-order valence-electron chi connectivity index (χ2n) is 8.93. The van der Waals surface area contributed by atoms with Gasteiger partial charge in [0.05, 0.1) is 6.20 Å². The van der Waals surface area contributed by atoms with Crippen LogP contribution in [-0.2, 0) is 15.0 Å². The second kappa shape index (κ2) is 8.51. The number of anilines is 2. The Kier molecular flexibility index (Phi) is 6.10. The Morgan fingerprint density at radius 3 is 2.52 bits per heavy atom. The Bertz CT molecular complexity index is 924. The van der Waals surface area contributed by atoms with Gasteiger partial charge in [-0.25, -0.2) is 9.71 Å². The van der Waals surface area contributed by atoms with Crippen LogP contribution in [-0.4, -0.2) is 65.9 Å². The van der Waals surface area contributed by atoms with E-state index in [0.29, 0.717) is 50.0 Å². The highest BCUT2D eigenvalue weighted by molar-refractivity contribution is 7.87. The third-order valence-electron chi connectivity index (χ3n) is 6.21. The summed E-state index contributed by atoms with van der Waals surface area (Å²) in [7, 11) is -3.41. The predicted molar refractivity (Wildman–Crippen MR) is 117 cm³/mol. The van der Waals surface area contributed by atoms with Crippen molar-refractivity contribution in [3.05, 3.63) is 6.20 Å². The third kappa shape index (κ3) is 4.49. The highest BCUT2D eigenvalue weighted by atomic mass is 32.2. The van der Waals surface area contributed by atoms with Crippen molar-refractivity contribution < 1.29 is 17.9 Å². The van der Waals surface area contributed by atoms with Crippen molar-refractivity contribution in [2.45, 2.75) is 77.0 Å². The lowest BCUT2D eigenvalue weighted by Crippen LogP contribution is -2.56. The molecule has 31 heavy (non-hydrogen) atoms. The van der Waals surface area contributed by atoms with Crippen LogP contribution in [0, 0.1) is 0 Å². The molecule has 3 heterocycles. The number of fused-ring (bicyclic) bond motifs is 1. The zero-order valence-corrected chi connectivity index (χ0v) is 19.2. The van der Waals surface area contributed by atoms with Crippen molar-refractivity contribution in [3.8, 4) is 5.75 Å². The molecule has 172 valence electrons. The first-order chi connectivity index (χ1) is 14.7. The molecule has 0 spiro atoms. The fourth-order valence-electron chi connectivity index (χ4n) is 4.58. The lowest BCUT2D eigenvalue weighted by atomic mass is 10.0. The van der Waals surface area contributed by atoms with E-state index in [0.717, 1.165) is 25.7 Å². The number of aromatic nitrogens is 2. The van der Waals surface area contributed by atoms with Gasteiger partial charge in [-0.2, -0.15) is 17.7 Å². The fourth-order valence-corrected chi connectivity index (χ4v) is 5.82. The van der Waals surface area contributed by atoms with Gasteiger partial charge >= 0.3 is 0 Å². The summed E-state index contributed by atoms with van der Waals surface area (Å²) in [6.07, 6.45) is 7.08. The van der Waals surface area contributed by atoms with Crippen molar-refractivity contribution >= 4 is 27.9 Å². The lowest BCUT2D eigenvalue weighted by Gasteiger charge is -2.40. The Labute approximate surface area is 183 Å². The summed E-state index contributed by atoms with van der Waals surface area (Å²) in [5.74, 6) is 1.42. The van der Waals surface area contributed by atoms with Crippen LogP contribution in [0.15, 0.2) is 6.20 Å². The molecule has 1 aromatic rings. The van der Waals surface area contributed by atoms with Crippen molar-refractivity contribution in [3.63, 3.8) is 0 Å². The standard InChI is InChI=1S/C20H32N6O4S/c1-4-22-31(28,29)25-11-9-14(10-12-25)23-19-21-13-16-17(24-19)26(15-7-5-6-8-15)18(27)20(2,3)30-16/h13-15,22H,4-12H2,1-3H3,(H,21,23,24). The van der Waals surface area contributed by atoms with Crippen LogP contribution in [0.25, 0.3) is 0 Å². The molecule has 1 saturated carbocycles. The third-order valence-corrected chi connectivity index (χ3v) is 7.91. The zero-order valence-electron chi connectivity index (χ0n) is 18.4. The molecule has 4 rings (SSSR count). The van der Waals surface area contributed by atoms with Crippen LogP contribution in [0.1, 0.15) is 59.3 Å². The SMILES string of the molecule is CCNS(=O)(=O)N1CCC(Nc2ncc3c(n2)N(C2CCCC2)C(=O)C(C)(C)O3)CC1. The molecular formula is C20H32N6O4S. The number of carbonyl (C=O) groups is 1. The minimum Gasteiger partial charge on any atom is -0.472 e. The van der Waals surface area contributed by atoms with Crippen molar-refractivity contribution in [1.82, 2.24) is 19.0 Å². The molecule has 10 nitrogen and oxygen atoms in total. The van der Waals surface area contributed by atoms with Gasteiger partial charge in [0.1, 0.15) is 0 Å². The van der Waals surface area contributed by atoms with Crippen LogP contribution in [0.2, 0.25) is 0 Å². The van der Waals surface area contributed by atoms with Crippen molar-refractivity contribution in [2.75, 3.05) is 29.9 Å². The topological polar surface area (TPSA) is 117 Å². The molecule has 0 atom stereocenters. The molecule has 0 bridgehead atoms. The number of hydrogen-bond donors (Lipinski definition) is 2. The van der Waals surface area contributed by atoms with Gasteiger partial charge in [0, 0.05) is 31.7 Å². The number of rotatable bonds is 6. The van der Waals surface area contributed by atoms with Gasteiger partial charge in [-0.3, -0.25) is 9.69 Å². The molecule has 11 heteroatoms. The Morgan fingerprint density at radius 1 is 1.19 bits per heavy atom. The molecular weight excluding hydrogens is 420 g/mol. The summed E-state index contributed by atoms with van der Waals surface area (Å²) >= 11 is 0. The normalized spacial score (nSPS) is 22.9. The highest BCUT2D eigenvalue weighted by Gasteiger charge is 2.45. The van der Waals surface area contributed by atoms with Crippen LogP contribution < -0.4 is 19.7 Å². The van der Waals surface area contributed by atoms with Gasteiger partial charge in [-0.05, 0) is 39.5 Å². The number of carbonyl (C=O) groups excluding carboxylic acids is 1. The van der Waals surface area contributed by atoms with E-state index in [2.05, 4.69) is 20.0 Å². The maximum absolute atomic E-state index is 13.1. The fraction of sp³-hybridized carbons (Fsp3) is 0.750. The van der Waals surface area contributed by atoms with Crippen molar-refractivity contribution in [1.29, 1.82) is 0 Å². The largest absolute Gasteiger partial charge is 0.472 e. The summed E-state index contributed by atoms with van der Waals surface area (Å²) in [4.78, 5) is 24.0. The van der Waals surface area contributed by atoms with E-state index in [1.54, 1.807) is 27.0 Å². The van der Waals surface area contributed by atoms with Gasteiger partial charge in [0.15, 0.2) is 17.2 Å². The first-order valence-electron chi connectivity index (χ1n) is 11.1. The van der Waals surface area contributed by atoms with E-state index < -0.39 is 15.8 Å². The lowest BCUT2D eigenvalue weighted by molar-refractivity contribution is -0.133. The van der Waals surface area contributed by atoms with E-state index >= 15 is 0 Å². The minimum atomic E-state index is -3.41. The zero-order chi connectivity index (χ0) is 22.2. The quantitative estimate of drug-likeness (QED) is 0.674. The average molecular weight is 453 g/mol. The van der Waals surface area contributed by atoms with Crippen LogP contribution in [0.3, 0.4) is 0 Å². The molecule has 1 saturated heterocycles. The Hall–Kier alpha value is -1.98. The molecule has 1 aliphatic carbocycles. The summed E-state index contributed by atoms with van der Waals surface area (Å²) in [6.45, 7) is 6.56. The summed E-state index contributed by atoms with van der Waals surface area (Å²) < 4.78 is 34.3. The maximum atomic E-state index is 13.1. The summed E-state index contributed by atoms with van der Waals surface area (Å²) in [5.41, 5.74) is -0.946. The number of nitrogens with zero attached hydrogens (tertiary/aromatic N) is 4. The van der Waals surface area contributed by atoms with Gasteiger partial charge in [0.25, 0.3) is 16.1 Å². The number of piperidine rings is 1. The molecule has 2 N–H and O–H groups in total. The minimum absolute atomic E-state index is 0.0581. The predicted octanol–water partition coefficient (Wildman–Crippen LogP) is 1.65. The van der Waals surface area contributed by atoms with E-state index in [-0.39, 0.29) is 18.0 Å². The monoisotopic (exact) mass is 452 g/mol. The number of nitrogens with one attached hydrogen (secondary N) is 2. The molecule has 0 aromatic carbocycles. The van der Waals surface area contributed by atoms with Gasteiger partial charge in [0.2, 0.25) is 5.95 Å². The number of hydrogen-bond acceptors (Lipinski definition) is 7. The molecule has 2 aliphatic heterocycles. The number of amides is 1. The maximum Gasteiger partial charge on any atom is 0.279 e. The molecule has 1 aromatic heterocycles. The molecule has 0 unspecified atom stereocenters. The highest BCUT2D eigenvalue weighted by Crippen LogP contribution is 2.40. The van der Waals surface area contributed by atoms with Gasteiger partial charge in [-0.15, -0.1) is 0 Å². The Morgan fingerprint density at radius 2 is 1.87 bits per heavy atom. The van der Waals surface area contributed by atoms with E-state index in [1.807, 2.05) is 4.90 Å². The van der Waals surface area contributed by atoms with Crippen LogP contribution >= 0.6 is 0 Å².